The van der Waals surface area contributed by atoms with E-state index in [1.807, 2.05) is 30.3 Å². The van der Waals surface area contributed by atoms with Gasteiger partial charge in [0.05, 0.1) is 19.6 Å². The van der Waals surface area contributed by atoms with Gasteiger partial charge in [0.1, 0.15) is 17.2 Å². The molecule has 0 bridgehead atoms. The average Bonchev–Trinajstić information content (AvgIpc) is 2.74. The van der Waals surface area contributed by atoms with Gasteiger partial charge in [0.25, 0.3) is 0 Å². The number of nitrogens with one attached hydrogen (secondary N) is 2. The van der Waals surface area contributed by atoms with Crippen molar-refractivity contribution in [3.05, 3.63) is 84.4 Å². The van der Waals surface area contributed by atoms with Gasteiger partial charge >= 0.3 is 6.03 Å². The van der Waals surface area contributed by atoms with Crippen molar-refractivity contribution in [1.82, 2.24) is 5.32 Å². The number of rotatable bonds is 8. The van der Waals surface area contributed by atoms with E-state index in [9.17, 15) is 9.59 Å². The highest BCUT2D eigenvalue weighted by Crippen LogP contribution is 2.26. The Kier molecular flexibility index (Phi) is 6.89. The Morgan fingerprint density at radius 2 is 1.60 bits per heavy atom. The van der Waals surface area contributed by atoms with Crippen LogP contribution in [0, 0.1) is 0 Å². The van der Waals surface area contributed by atoms with Gasteiger partial charge in [-0.05, 0) is 54.1 Å². The van der Waals surface area contributed by atoms with Crippen LogP contribution in [0.4, 0.5) is 10.5 Å². The zero-order valence-corrected chi connectivity index (χ0v) is 16.5. The standard InChI is InChI=1S/C23H23N3O4/c1-29-18-12-10-17(11-13-18)25-22(27)15-21(26-23(24)28)16-6-5-9-20(14-16)30-19-7-3-2-4-8-19/h2-14,21H,15H2,1H3,(H,25,27)(H3,24,26,28)/t21-/m1/s1. The van der Waals surface area contributed by atoms with Gasteiger partial charge in [0, 0.05) is 5.69 Å². The van der Waals surface area contributed by atoms with Gasteiger partial charge in [-0.2, -0.15) is 0 Å². The Morgan fingerprint density at radius 3 is 2.27 bits per heavy atom. The minimum absolute atomic E-state index is 0.00373. The molecule has 0 aromatic heterocycles. The van der Waals surface area contributed by atoms with Gasteiger partial charge in [-0.25, -0.2) is 4.79 Å². The molecular formula is C23H23N3O4. The van der Waals surface area contributed by atoms with Crippen LogP contribution in [0.2, 0.25) is 0 Å². The lowest BCUT2D eigenvalue weighted by Crippen LogP contribution is -2.35. The lowest BCUT2D eigenvalue weighted by atomic mass is 10.0. The van der Waals surface area contributed by atoms with Crippen LogP contribution in [0.5, 0.6) is 17.2 Å². The van der Waals surface area contributed by atoms with Crippen LogP contribution in [-0.2, 0) is 4.79 Å². The van der Waals surface area contributed by atoms with Crippen LogP contribution >= 0.6 is 0 Å². The predicted molar refractivity (Wildman–Crippen MR) is 115 cm³/mol. The van der Waals surface area contributed by atoms with Crippen LogP contribution in [0.3, 0.4) is 0 Å². The van der Waals surface area contributed by atoms with E-state index in [2.05, 4.69) is 10.6 Å². The van der Waals surface area contributed by atoms with Crippen LogP contribution in [0.15, 0.2) is 78.9 Å². The minimum atomic E-state index is -0.716. The van der Waals surface area contributed by atoms with Gasteiger partial charge in [0.15, 0.2) is 0 Å². The summed E-state index contributed by atoms with van der Waals surface area (Å²) in [6.45, 7) is 0. The molecule has 154 valence electrons. The summed E-state index contributed by atoms with van der Waals surface area (Å²) in [5.41, 5.74) is 6.65. The molecule has 7 nitrogen and oxygen atoms in total. The number of para-hydroxylation sites is 1. The maximum absolute atomic E-state index is 12.5. The lowest BCUT2D eigenvalue weighted by Gasteiger charge is -2.19. The van der Waals surface area contributed by atoms with Crippen molar-refractivity contribution in [2.45, 2.75) is 12.5 Å². The first-order valence-corrected chi connectivity index (χ1v) is 9.36. The van der Waals surface area contributed by atoms with Gasteiger partial charge < -0.3 is 25.8 Å². The van der Waals surface area contributed by atoms with E-state index < -0.39 is 12.1 Å². The fourth-order valence-corrected chi connectivity index (χ4v) is 2.92. The number of nitrogens with two attached hydrogens (primary N) is 1. The number of anilines is 1. The molecule has 30 heavy (non-hydrogen) atoms. The van der Waals surface area contributed by atoms with E-state index in [0.29, 0.717) is 28.5 Å². The summed E-state index contributed by atoms with van der Waals surface area (Å²) in [6.07, 6.45) is 0.00373. The summed E-state index contributed by atoms with van der Waals surface area (Å²) in [7, 11) is 1.57. The van der Waals surface area contributed by atoms with Crippen molar-refractivity contribution in [2.24, 2.45) is 5.73 Å². The Balaban J connectivity index is 1.72. The molecule has 3 amide bonds. The fourth-order valence-electron chi connectivity index (χ4n) is 2.92. The van der Waals surface area contributed by atoms with Crippen molar-refractivity contribution in [3.63, 3.8) is 0 Å². The van der Waals surface area contributed by atoms with Gasteiger partial charge in [-0.1, -0.05) is 30.3 Å². The van der Waals surface area contributed by atoms with Gasteiger partial charge in [-0.3, -0.25) is 4.79 Å². The summed E-state index contributed by atoms with van der Waals surface area (Å²) < 4.78 is 10.9. The molecule has 3 aromatic rings. The number of carbonyl (C=O) groups is 2. The highest BCUT2D eigenvalue weighted by atomic mass is 16.5. The zero-order valence-electron chi connectivity index (χ0n) is 16.5. The van der Waals surface area contributed by atoms with E-state index >= 15 is 0 Å². The molecule has 1 atom stereocenters. The van der Waals surface area contributed by atoms with E-state index in [0.717, 1.165) is 0 Å². The number of carbonyl (C=O) groups excluding carboxylic acids is 2. The number of ether oxygens (including phenoxy) is 2. The molecule has 0 radical (unpaired) electrons. The van der Waals surface area contributed by atoms with E-state index in [1.165, 1.54) is 0 Å². The molecule has 3 aromatic carbocycles. The molecule has 0 aliphatic carbocycles. The van der Waals surface area contributed by atoms with Crippen molar-refractivity contribution in [2.75, 3.05) is 12.4 Å². The normalized spacial score (nSPS) is 11.2. The van der Waals surface area contributed by atoms with Crippen molar-refractivity contribution in [1.29, 1.82) is 0 Å². The molecular weight excluding hydrogens is 382 g/mol. The Bertz CT molecular complexity index is 991. The molecule has 4 N–H and O–H groups in total. The van der Waals surface area contributed by atoms with Crippen molar-refractivity contribution in [3.8, 4) is 17.2 Å². The van der Waals surface area contributed by atoms with E-state index in [1.54, 1.807) is 55.6 Å². The summed E-state index contributed by atoms with van der Waals surface area (Å²) >= 11 is 0. The number of benzene rings is 3. The van der Waals surface area contributed by atoms with E-state index in [4.69, 9.17) is 15.2 Å². The van der Waals surface area contributed by atoms with Gasteiger partial charge in [0.2, 0.25) is 5.91 Å². The Labute approximate surface area is 174 Å². The summed E-state index contributed by atoms with van der Waals surface area (Å²) in [4.78, 5) is 24.0. The quantitative estimate of drug-likeness (QED) is 0.522. The number of hydrogen-bond donors (Lipinski definition) is 3. The molecule has 0 spiro atoms. The molecule has 7 heteroatoms. The Morgan fingerprint density at radius 1 is 0.900 bits per heavy atom. The lowest BCUT2D eigenvalue weighted by molar-refractivity contribution is -0.116. The molecule has 0 unspecified atom stereocenters. The third-order valence-electron chi connectivity index (χ3n) is 4.32. The number of amides is 3. The number of methoxy groups -OCH3 is 1. The van der Waals surface area contributed by atoms with Crippen molar-refractivity contribution >= 4 is 17.6 Å². The van der Waals surface area contributed by atoms with Crippen LogP contribution in [0.1, 0.15) is 18.0 Å². The number of hydrogen-bond acceptors (Lipinski definition) is 4. The largest absolute Gasteiger partial charge is 0.497 e. The monoisotopic (exact) mass is 405 g/mol. The molecule has 0 aliphatic heterocycles. The second-order valence-electron chi connectivity index (χ2n) is 6.53. The van der Waals surface area contributed by atoms with Crippen molar-refractivity contribution < 1.29 is 19.1 Å². The second-order valence-corrected chi connectivity index (χ2v) is 6.53. The second kappa shape index (κ2) is 9.97. The minimum Gasteiger partial charge on any atom is -0.497 e. The first-order valence-electron chi connectivity index (χ1n) is 9.36. The molecule has 0 saturated carbocycles. The number of primary amides is 1. The first-order chi connectivity index (χ1) is 14.5. The topological polar surface area (TPSA) is 103 Å². The third-order valence-corrected chi connectivity index (χ3v) is 4.32. The summed E-state index contributed by atoms with van der Waals surface area (Å²) in [5.74, 6) is 1.70. The van der Waals surface area contributed by atoms with Crippen LogP contribution in [0.25, 0.3) is 0 Å². The average molecular weight is 405 g/mol. The summed E-state index contributed by atoms with van der Waals surface area (Å²) in [6, 6.07) is 22.2. The molecule has 0 fully saturated rings. The smallest absolute Gasteiger partial charge is 0.312 e. The van der Waals surface area contributed by atoms with Gasteiger partial charge in [-0.15, -0.1) is 0 Å². The SMILES string of the molecule is COc1ccc(NC(=O)C[C@@H](NC(N)=O)c2cccc(Oc3ccccc3)c2)cc1. The predicted octanol–water partition coefficient (Wildman–Crippen LogP) is 4.23. The first kappa shape index (κ1) is 20.7. The van der Waals surface area contributed by atoms with Crippen LogP contribution < -0.4 is 25.8 Å². The number of urea groups is 1. The van der Waals surface area contributed by atoms with Crippen LogP contribution in [-0.4, -0.2) is 19.0 Å². The fraction of sp³-hybridized carbons (Fsp3) is 0.130. The zero-order chi connectivity index (χ0) is 21.3. The highest BCUT2D eigenvalue weighted by Gasteiger charge is 2.18. The Hall–Kier alpha value is -4.00. The highest BCUT2D eigenvalue weighted by molar-refractivity contribution is 5.91. The molecule has 0 heterocycles. The molecule has 0 aliphatic rings. The maximum Gasteiger partial charge on any atom is 0.312 e. The summed E-state index contributed by atoms with van der Waals surface area (Å²) in [5, 5.41) is 5.43. The molecule has 0 saturated heterocycles. The maximum atomic E-state index is 12.5. The molecule has 3 rings (SSSR count). The van der Waals surface area contributed by atoms with E-state index in [-0.39, 0.29) is 12.3 Å². The third kappa shape index (κ3) is 6.00.